The molecule has 0 aliphatic rings. The standard InChI is InChI=1S/C30H37N3.2ClH.Co/c1-8-23-12-20(5)13-24(9-2)29(23)31-18-27-16-22(7)17-28(33-27)19-32-30-25(10-3)14-21(6)15-26(30)11-4;;;/h12-19H,8-11H2,1-7H3;2*1H;/q;;;+2/p-2. The molecular formula is C30H37Cl2CoN3. The van der Waals surface area contributed by atoms with Crippen LogP contribution in [0, 0.1) is 20.8 Å². The van der Waals surface area contributed by atoms with Crippen LogP contribution in [0.25, 0.3) is 0 Å². The smallest absolute Gasteiger partial charge is 1.00 e. The molecule has 0 amide bonds. The minimum Gasteiger partial charge on any atom is -1.00 e. The Morgan fingerprint density at radius 1 is 0.556 bits per heavy atom. The first kappa shape index (κ1) is 34.0. The van der Waals surface area contributed by atoms with E-state index in [9.17, 15) is 0 Å². The van der Waals surface area contributed by atoms with Crippen molar-refractivity contribution in [2.24, 2.45) is 9.98 Å². The minimum absolute atomic E-state index is 0. The third kappa shape index (κ3) is 8.55. The summed E-state index contributed by atoms with van der Waals surface area (Å²) in [6, 6.07) is 13.1. The monoisotopic (exact) mass is 568 g/mol. The van der Waals surface area contributed by atoms with E-state index in [0.29, 0.717) is 0 Å². The second-order valence-electron chi connectivity index (χ2n) is 8.79. The molecule has 0 aliphatic heterocycles. The van der Waals surface area contributed by atoms with Crippen molar-refractivity contribution in [2.75, 3.05) is 0 Å². The van der Waals surface area contributed by atoms with Crippen LogP contribution in [0.2, 0.25) is 0 Å². The van der Waals surface area contributed by atoms with E-state index >= 15 is 0 Å². The summed E-state index contributed by atoms with van der Waals surface area (Å²) in [6.07, 6.45) is 7.67. The van der Waals surface area contributed by atoms with Gasteiger partial charge >= 0.3 is 16.8 Å². The Morgan fingerprint density at radius 3 is 1.11 bits per heavy atom. The Morgan fingerprint density at radius 2 is 0.833 bits per heavy atom. The Balaban J connectivity index is 0.00000408. The van der Waals surface area contributed by atoms with Gasteiger partial charge in [0.15, 0.2) is 0 Å². The van der Waals surface area contributed by atoms with Gasteiger partial charge in [0.05, 0.1) is 35.2 Å². The molecule has 0 unspecified atom stereocenters. The maximum Gasteiger partial charge on any atom is 2.00 e. The number of benzene rings is 2. The van der Waals surface area contributed by atoms with Crippen molar-refractivity contribution >= 4 is 23.8 Å². The van der Waals surface area contributed by atoms with E-state index in [1.54, 1.807) is 0 Å². The molecule has 1 aromatic heterocycles. The molecule has 6 heteroatoms. The van der Waals surface area contributed by atoms with Crippen molar-refractivity contribution in [3.05, 3.63) is 86.7 Å². The Labute approximate surface area is 240 Å². The Kier molecular flexibility index (Phi) is 15.1. The molecule has 2 aromatic carbocycles. The molecule has 0 saturated heterocycles. The molecule has 0 spiro atoms. The zero-order chi connectivity index (χ0) is 24.0. The third-order valence-corrected chi connectivity index (χ3v) is 6.01. The predicted molar refractivity (Wildman–Crippen MR) is 143 cm³/mol. The Hall–Kier alpha value is -1.98. The summed E-state index contributed by atoms with van der Waals surface area (Å²) in [5.41, 5.74) is 12.8. The topological polar surface area (TPSA) is 37.6 Å². The Bertz CT molecular complexity index is 1060. The van der Waals surface area contributed by atoms with Gasteiger partial charge in [0.25, 0.3) is 0 Å². The van der Waals surface area contributed by atoms with Gasteiger partial charge in [0, 0.05) is 0 Å². The van der Waals surface area contributed by atoms with Crippen LogP contribution >= 0.6 is 0 Å². The summed E-state index contributed by atoms with van der Waals surface area (Å²) in [5.74, 6) is 0. The van der Waals surface area contributed by atoms with Gasteiger partial charge in [0.2, 0.25) is 0 Å². The molecule has 0 atom stereocenters. The first-order chi connectivity index (χ1) is 15.9. The largest absolute Gasteiger partial charge is 2.00 e. The van der Waals surface area contributed by atoms with Crippen LogP contribution in [0.15, 0.2) is 46.4 Å². The van der Waals surface area contributed by atoms with Crippen molar-refractivity contribution in [3.8, 4) is 0 Å². The summed E-state index contributed by atoms with van der Waals surface area (Å²) in [4.78, 5) is 14.6. The number of hydrogen-bond acceptors (Lipinski definition) is 3. The fourth-order valence-electron chi connectivity index (χ4n) is 4.39. The average molecular weight is 569 g/mol. The first-order valence-electron chi connectivity index (χ1n) is 12.2. The van der Waals surface area contributed by atoms with Gasteiger partial charge in [0.1, 0.15) is 0 Å². The van der Waals surface area contributed by atoms with Crippen molar-refractivity contribution in [3.63, 3.8) is 0 Å². The van der Waals surface area contributed by atoms with Gasteiger partial charge in [-0.2, -0.15) is 0 Å². The van der Waals surface area contributed by atoms with Crippen LogP contribution in [-0.2, 0) is 42.5 Å². The van der Waals surface area contributed by atoms with E-state index in [2.05, 4.69) is 84.9 Å². The third-order valence-electron chi connectivity index (χ3n) is 6.01. The molecule has 3 aromatic rings. The molecule has 3 rings (SSSR count). The zero-order valence-electron chi connectivity index (χ0n) is 22.4. The SMILES string of the molecule is CCc1cc(C)cc(CC)c1N=Cc1cc(C)cc(C=Nc2c(CC)cc(C)cc2CC)n1.[Cl-].[Cl-].[Co+2]. The zero-order valence-corrected chi connectivity index (χ0v) is 24.9. The quantitative estimate of drug-likeness (QED) is 0.382. The second-order valence-corrected chi connectivity index (χ2v) is 8.79. The van der Waals surface area contributed by atoms with Crippen LogP contribution < -0.4 is 24.8 Å². The average Bonchev–Trinajstić information content (AvgIpc) is 2.80. The van der Waals surface area contributed by atoms with Gasteiger partial charge < -0.3 is 24.8 Å². The maximum atomic E-state index is 4.89. The van der Waals surface area contributed by atoms with E-state index in [1.165, 1.54) is 33.4 Å². The number of pyridine rings is 1. The van der Waals surface area contributed by atoms with E-state index < -0.39 is 0 Å². The van der Waals surface area contributed by atoms with E-state index in [1.807, 2.05) is 12.4 Å². The molecule has 0 fully saturated rings. The molecule has 0 saturated carbocycles. The van der Waals surface area contributed by atoms with Crippen LogP contribution in [0.5, 0.6) is 0 Å². The molecule has 0 aliphatic carbocycles. The van der Waals surface area contributed by atoms with E-state index in [0.717, 1.165) is 54.0 Å². The van der Waals surface area contributed by atoms with Gasteiger partial charge in [-0.1, -0.05) is 63.1 Å². The van der Waals surface area contributed by atoms with Gasteiger partial charge in [-0.25, -0.2) is 4.98 Å². The molecule has 1 heterocycles. The van der Waals surface area contributed by atoms with Gasteiger partial charge in [-0.15, -0.1) is 0 Å². The molecule has 36 heavy (non-hydrogen) atoms. The van der Waals surface area contributed by atoms with Crippen molar-refractivity contribution in [1.29, 1.82) is 0 Å². The van der Waals surface area contributed by atoms with E-state index in [-0.39, 0.29) is 41.6 Å². The second kappa shape index (κ2) is 16.0. The van der Waals surface area contributed by atoms with Crippen LogP contribution in [0.3, 0.4) is 0 Å². The van der Waals surface area contributed by atoms with Crippen molar-refractivity contribution in [2.45, 2.75) is 74.1 Å². The minimum atomic E-state index is 0. The van der Waals surface area contributed by atoms with Gasteiger partial charge in [-0.3, -0.25) is 9.98 Å². The molecule has 195 valence electrons. The number of halogens is 2. The van der Waals surface area contributed by atoms with Crippen LogP contribution in [0.1, 0.15) is 78.0 Å². The predicted octanol–water partition coefficient (Wildman–Crippen LogP) is 1.76. The fourth-order valence-corrected chi connectivity index (χ4v) is 4.39. The van der Waals surface area contributed by atoms with Crippen LogP contribution in [-0.4, -0.2) is 17.4 Å². The first-order valence-corrected chi connectivity index (χ1v) is 12.2. The number of nitrogens with zero attached hydrogens (tertiary/aromatic N) is 3. The number of rotatable bonds is 8. The molecule has 3 nitrogen and oxygen atoms in total. The number of aliphatic imine (C=N–C) groups is 2. The van der Waals surface area contributed by atoms with Crippen molar-refractivity contribution in [1.82, 2.24) is 4.98 Å². The normalized spacial score (nSPS) is 10.8. The maximum absolute atomic E-state index is 4.89. The number of aromatic nitrogens is 1. The fraction of sp³-hybridized carbons (Fsp3) is 0.367. The van der Waals surface area contributed by atoms with Gasteiger partial charge in [-0.05, 0) is 86.4 Å². The van der Waals surface area contributed by atoms with Crippen LogP contribution in [0.4, 0.5) is 11.4 Å². The number of aryl methyl sites for hydroxylation is 7. The number of hydrogen-bond donors (Lipinski definition) is 0. The molecule has 0 N–H and O–H groups in total. The molecule has 1 radical (unpaired) electrons. The summed E-state index contributed by atoms with van der Waals surface area (Å²) < 4.78 is 0. The summed E-state index contributed by atoms with van der Waals surface area (Å²) in [5, 5.41) is 0. The molecular weight excluding hydrogens is 532 g/mol. The van der Waals surface area contributed by atoms with E-state index in [4.69, 9.17) is 15.0 Å². The molecule has 0 bridgehead atoms. The summed E-state index contributed by atoms with van der Waals surface area (Å²) in [7, 11) is 0. The summed E-state index contributed by atoms with van der Waals surface area (Å²) in [6.45, 7) is 15.2. The van der Waals surface area contributed by atoms with Crippen molar-refractivity contribution < 1.29 is 41.6 Å². The summed E-state index contributed by atoms with van der Waals surface area (Å²) >= 11 is 0.